The van der Waals surface area contributed by atoms with E-state index in [-0.39, 0.29) is 6.61 Å². The average molecular weight is 208 g/mol. The second kappa shape index (κ2) is 3.20. The molecule has 1 spiro atoms. The van der Waals surface area contributed by atoms with Crippen LogP contribution < -0.4 is 4.74 Å². The van der Waals surface area contributed by atoms with Crippen molar-refractivity contribution in [2.45, 2.75) is 24.6 Å². The molecule has 80 valence electrons. The first-order valence-electron chi connectivity index (χ1n) is 5.29. The van der Waals surface area contributed by atoms with Gasteiger partial charge in [0.15, 0.2) is 6.17 Å². The van der Waals surface area contributed by atoms with E-state index in [4.69, 9.17) is 9.47 Å². The van der Waals surface area contributed by atoms with E-state index in [1.165, 1.54) is 0 Å². The van der Waals surface area contributed by atoms with Gasteiger partial charge in [-0.3, -0.25) is 0 Å². The summed E-state index contributed by atoms with van der Waals surface area (Å²) in [6.07, 6.45) is 0.301. The van der Waals surface area contributed by atoms with Crippen molar-refractivity contribution in [3.8, 4) is 5.75 Å². The van der Waals surface area contributed by atoms with E-state index in [0.717, 1.165) is 11.3 Å². The third-order valence-corrected chi connectivity index (χ3v) is 3.28. The molecule has 1 saturated heterocycles. The van der Waals surface area contributed by atoms with Gasteiger partial charge in [-0.1, -0.05) is 18.2 Å². The lowest BCUT2D eigenvalue weighted by Crippen LogP contribution is -2.50. The number of fused-ring (bicyclic) bond motifs is 1. The smallest absolute Gasteiger partial charge is 0.163 e. The molecule has 3 rings (SSSR count). The third-order valence-electron chi connectivity index (χ3n) is 3.28. The van der Waals surface area contributed by atoms with Crippen LogP contribution in [0, 0.1) is 0 Å². The highest BCUT2D eigenvalue weighted by atomic mass is 19.1. The second-order valence-corrected chi connectivity index (χ2v) is 4.24. The quantitative estimate of drug-likeness (QED) is 0.650. The molecular weight excluding hydrogens is 195 g/mol. The predicted octanol–water partition coefficient (Wildman–Crippen LogP) is 2.12. The van der Waals surface area contributed by atoms with Gasteiger partial charge in [-0.05, 0) is 11.6 Å². The lowest BCUT2D eigenvalue weighted by molar-refractivity contribution is -0.0954. The molecular formula is C12H13FO2. The summed E-state index contributed by atoms with van der Waals surface area (Å²) < 4.78 is 24.8. The summed E-state index contributed by atoms with van der Waals surface area (Å²) >= 11 is 0. The normalized spacial score (nSPS) is 33.8. The Hall–Kier alpha value is -1.09. The van der Waals surface area contributed by atoms with Crippen molar-refractivity contribution in [2.24, 2.45) is 0 Å². The molecule has 2 atom stereocenters. The van der Waals surface area contributed by atoms with Gasteiger partial charge in [0.25, 0.3) is 0 Å². The van der Waals surface area contributed by atoms with Crippen LogP contribution >= 0.6 is 0 Å². The standard InChI is InChI=1S/C12H13FO2/c13-11-8-14-6-5-12(11)7-9-3-1-2-4-10(9)15-12/h1-4,11H,5-8H2. The fraction of sp³-hybridized carbons (Fsp3) is 0.500. The summed E-state index contributed by atoms with van der Waals surface area (Å²) in [5.74, 6) is 0.835. The number of halogens is 1. The third kappa shape index (κ3) is 1.34. The van der Waals surface area contributed by atoms with Crippen molar-refractivity contribution >= 4 is 0 Å². The topological polar surface area (TPSA) is 18.5 Å². The Bertz CT molecular complexity index is 353. The van der Waals surface area contributed by atoms with Gasteiger partial charge in [-0.15, -0.1) is 0 Å². The Kier molecular flexibility index (Phi) is 1.96. The molecule has 2 unspecified atom stereocenters. The minimum Gasteiger partial charge on any atom is -0.483 e. The SMILES string of the molecule is FC1COCCC12Cc1ccccc1O2. The van der Waals surface area contributed by atoms with E-state index < -0.39 is 11.8 Å². The number of hydrogen-bond donors (Lipinski definition) is 0. The van der Waals surface area contributed by atoms with Crippen LogP contribution in [0.4, 0.5) is 4.39 Å². The fourth-order valence-corrected chi connectivity index (χ4v) is 2.38. The molecule has 2 nitrogen and oxygen atoms in total. The highest BCUT2D eigenvalue weighted by Gasteiger charge is 2.48. The molecule has 1 aromatic rings. The number of ether oxygens (including phenoxy) is 2. The molecule has 0 amide bonds. The van der Waals surface area contributed by atoms with E-state index in [0.29, 0.717) is 19.4 Å². The Morgan fingerprint density at radius 1 is 1.33 bits per heavy atom. The van der Waals surface area contributed by atoms with Gasteiger partial charge in [-0.25, -0.2) is 4.39 Å². The van der Waals surface area contributed by atoms with Crippen LogP contribution in [0.3, 0.4) is 0 Å². The Morgan fingerprint density at radius 3 is 3.00 bits per heavy atom. The number of benzene rings is 1. The van der Waals surface area contributed by atoms with E-state index in [1.807, 2.05) is 24.3 Å². The molecule has 1 fully saturated rings. The maximum absolute atomic E-state index is 13.9. The molecule has 0 aromatic heterocycles. The number of alkyl halides is 1. The lowest BCUT2D eigenvalue weighted by atomic mass is 9.88. The first-order chi connectivity index (χ1) is 7.30. The molecule has 15 heavy (non-hydrogen) atoms. The van der Waals surface area contributed by atoms with Crippen LogP contribution in [0.15, 0.2) is 24.3 Å². The molecule has 2 aliphatic rings. The monoisotopic (exact) mass is 208 g/mol. The molecule has 0 saturated carbocycles. The molecule has 0 N–H and O–H groups in total. The maximum atomic E-state index is 13.9. The fourth-order valence-electron chi connectivity index (χ4n) is 2.38. The highest BCUT2D eigenvalue weighted by Crippen LogP contribution is 2.41. The number of para-hydroxylation sites is 1. The highest BCUT2D eigenvalue weighted by molar-refractivity contribution is 5.39. The Labute approximate surface area is 88.0 Å². The zero-order valence-corrected chi connectivity index (χ0v) is 8.41. The molecule has 3 heteroatoms. The van der Waals surface area contributed by atoms with Crippen molar-refractivity contribution < 1.29 is 13.9 Å². The van der Waals surface area contributed by atoms with Crippen LogP contribution in [-0.4, -0.2) is 25.0 Å². The van der Waals surface area contributed by atoms with Crippen LogP contribution in [-0.2, 0) is 11.2 Å². The average Bonchev–Trinajstić information content (AvgIpc) is 2.62. The summed E-state index contributed by atoms with van der Waals surface area (Å²) in [6.45, 7) is 0.752. The first-order valence-corrected chi connectivity index (χ1v) is 5.29. The Balaban J connectivity index is 1.93. The van der Waals surface area contributed by atoms with Crippen molar-refractivity contribution in [3.05, 3.63) is 29.8 Å². The first kappa shape index (κ1) is 9.16. The number of rotatable bonds is 0. The lowest BCUT2D eigenvalue weighted by Gasteiger charge is -2.35. The number of hydrogen-bond acceptors (Lipinski definition) is 2. The summed E-state index contributed by atoms with van der Waals surface area (Å²) in [6, 6.07) is 7.80. The van der Waals surface area contributed by atoms with Crippen LogP contribution in [0.1, 0.15) is 12.0 Å². The molecule has 2 heterocycles. The minimum atomic E-state index is -1.02. The van der Waals surface area contributed by atoms with Gasteiger partial charge in [0, 0.05) is 12.8 Å². The van der Waals surface area contributed by atoms with E-state index >= 15 is 0 Å². The van der Waals surface area contributed by atoms with Gasteiger partial charge >= 0.3 is 0 Å². The summed E-state index contributed by atoms with van der Waals surface area (Å²) in [5.41, 5.74) is 0.462. The molecule has 1 aromatic carbocycles. The maximum Gasteiger partial charge on any atom is 0.163 e. The molecule has 2 aliphatic heterocycles. The minimum absolute atomic E-state index is 0.161. The van der Waals surface area contributed by atoms with Gasteiger partial charge in [0.1, 0.15) is 11.4 Å². The largest absolute Gasteiger partial charge is 0.483 e. The zero-order chi connectivity index (χ0) is 10.3. The summed E-state index contributed by atoms with van der Waals surface area (Å²) in [5, 5.41) is 0. The predicted molar refractivity (Wildman–Crippen MR) is 53.8 cm³/mol. The van der Waals surface area contributed by atoms with Gasteiger partial charge in [0.05, 0.1) is 13.2 Å². The van der Waals surface area contributed by atoms with Crippen molar-refractivity contribution in [1.29, 1.82) is 0 Å². The van der Waals surface area contributed by atoms with Crippen molar-refractivity contribution in [2.75, 3.05) is 13.2 Å². The van der Waals surface area contributed by atoms with E-state index in [9.17, 15) is 4.39 Å². The zero-order valence-electron chi connectivity index (χ0n) is 8.41. The summed E-state index contributed by atoms with van der Waals surface area (Å²) in [7, 11) is 0. The molecule has 0 aliphatic carbocycles. The van der Waals surface area contributed by atoms with E-state index in [2.05, 4.69) is 0 Å². The van der Waals surface area contributed by atoms with E-state index in [1.54, 1.807) is 0 Å². The molecule has 0 radical (unpaired) electrons. The van der Waals surface area contributed by atoms with Crippen LogP contribution in [0.25, 0.3) is 0 Å². The van der Waals surface area contributed by atoms with Crippen LogP contribution in [0.2, 0.25) is 0 Å². The molecule has 0 bridgehead atoms. The van der Waals surface area contributed by atoms with Gasteiger partial charge in [-0.2, -0.15) is 0 Å². The van der Waals surface area contributed by atoms with Crippen molar-refractivity contribution in [3.63, 3.8) is 0 Å². The van der Waals surface area contributed by atoms with Gasteiger partial charge in [0.2, 0.25) is 0 Å². The van der Waals surface area contributed by atoms with Crippen molar-refractivity contribution in [1.82, 2.24) is 0 Å². The van der Waals surface area contributed by atoms with Gasteiger partial charge < -0.3 is 9.47 Å². The second-order valence-electron chi connectivity index (χ2n) is 4.24. The Morgan fingerprint density at radius 2 is 2.20 bits per heavy atom. The summed E-state index contributed by atoms with van der Waals surface area (Å²) in [4.78, 5) is 0. The van der Waals surface area contributed by atoms with Crippen LogP contribution in [0.5, 0.6) is 5.75 Å².